The number of fused-ring (bicyclic) bond motifs is 1. The Morgan fingerprint density at radius 3 is 2.24 bits per heavy atom. The molecule has 0 radical (unpaired) electrons. The quantitative estimate of drug-likeness (QED) is 0.708. The van der Waals surface area contributed by atoms with E-state index in [1.165, 1.54) is 24.3 Å². The summed E-state index contributed by atoms with van der Waals surface area (Å²) in [5, 5.41) is 0. The number of hydrogen-bond donors (Lipinski definition) is 0. The van der Waals surface area contributed by atoms with Gasteiger partial charge in [-0.05, 0) is 27.7 Å². The van der Waals surface area contributed by atoms with E-state index in [-0.39, 0.29) is 12.2 Å². The third-order valence-corrected chi connectivity index (χ3v) is 5.04. The van der Waals surface area contributed by atoms with E-state index in [0.717, 1.165) is 0 Å². The van der Waals surface area contributed by atoms with Crippen LogP contribution >= 0.6 is 0 Å². The fourth-order valence-electron chi connectivity index (χ4n) is 3.90. The van der Waals surface area contributed by atoms with Crippen molar-refractivity contribution >= 4 is 5.71 Å². The standard InChI is InChI=1S/C20H24F3NO5/c1-18(2)25-10-12(27-18)14-13(15-17(26-14)29-19(3,4)28-15)24-16(20(21,22)23)11-8-6-5-7-9-11/h5-9,12-15,17H,10H2,1-4H3/t12-,13+,14-,15-,17-/m1/s1. The highest BCUT2D eigenvalue weighted by Crippen LogP contribution is 2.42. The van der Waals surface area contributed by atoms with Gasteiger partial charge in [0, 0.05) is 5.56 Å². The van der Waals surface area contributed by atoms with Crippen LogP contribution in [0.2, 0.25) is 0 Å². The second-order valence-electron chi connectivity index (χ2n) is 8.27. The SMILES string of the molecule is CC1(C)O[C@H]2O[C@H]([C@H]3COC(C)(C)O3)[C@H](N=C(c3ccccc3)C(F)(F)F)[C@H]2O1. The average Bonchev–Trinajstić information content (AvgIpc) is 3.21. The summed E-state index contributed by atoms with van der Waals surface area (Å²) >= 11 is 0. The number of nitrogens with zero attached hydrogens (tertiary/aromatic N) is 1. The lowest BCUT2D eigenvalue weighted by Crippen LogP contribution is -2.43. The maximum Gasteiger partial charge on any atom is 0.433 e. The molecule has 0 saturated carbocycles. The van der Waals surface area contributed by atoms with Gasteiger partial charge in [0.15, 0.2) is 17.9 Å². The Balaban J connectivity index is 1.72. The molecule has 3 aliphatic heterocycles. The number of ether oxygens (including phenoxy) is 5. The number of rotatable bonds is 3. The van der Waals surface area contributed by atoms with Crippen LogP contribution in [0.5, 0.6) is 0 Å². The van der Waals surface area contributed by atoms with Gasteiger partial charge in [0.2, 0.25) is 0 Å². The predicted molar refractivity (Wildman–Crippen MR) is 96.4 cm³/mol. The van der Waals surface area contributed by atoms with Crippen molar-refractivity contribution < 1.29 is 36.9 Å². The van der Waals surface area contributed by atoms with Crippen LogP contribution in [-0.2, 0) is 23.7 Å². The van der Waals surface area contributed by atoms with Crippen LogP contribution in [0.25, 0.3) is 0 Å². The van der Waals surface area contributed by atoms with E-state index in [1.54, 1.807) is 33.8 Å². The monoisotopic (exact) mass is 415 g/mol. The molecule has 5 atom stereocenters. The lowest BCUT2D eigenvalue weighted by molar-refractivity contribution is -0.222. The lowest BCUT2D eigenvalue weighted by Gasteiger charge is -2.28. The van der Waals surface area contributed by atoms with Crippen molar-refractivity contribution in [1.29, 1.82) is 0 Å². The highest BCUT2D eigenvalue weighted by Gasteiger charge is 2.59. The van der Waals surface area contributed by atoms with Gasteiger partial charge in [0.05, 0.1) is 6.61 Å². The molecule has 1 aromatic rings. The molecule has 0 N–H and O–H groups in total. The molecule has 3 saturated heterocycles. The molecule has 3 fully saturated rings. The van der Waals surface area contributed by atoms with E-state index >= 15 is 0 Å². The van der Waals surface area contributed by atoms with Crippen molar-refractivity contribution in [2.45, 2.75) is 76.1 Å². The van der Waals surface area contributed by atoms with Crippen molar-refractivity contribution in [2.75, 3.05) is 6.61 Å². The highest BCUT2D eigenvalue weighted by molar-refractivity contribution is 6.04. The van der Waals surface area contributed by atoms with Crippen molar-refractivity contribution in [3.05, 3.63) is 35.9 Å². The highest BCUT2D eigenvalue weighted by atomic mass is 19.4. The number of aliphatic imine (C=N–C) groups is 1. The zero-order valence-corrected chi connectivity index (χ0v) is 16.6. The molecule has 0 unspecified atom stereocenters. The molecule has 29 heavy (non-hydrogen) atoms. The molecule has 4 rings (SSSR count). The molecule has 160 valence electrons. The van der Waals surface area contributed by atoms with Crippen LogP contribution < -0.4 is 0 Å². The van der Waals surface area contributed by atoms with Crippen LogP contribution in [0.3, 0.4) is 0 Å². The van der Waals surface area contributed by atoms with Gasteiger partial charge in [0.25, 0.3) is 0 Å². The summed E-state index contributed by atoms with van der Waals surface area (Å²) in [6.45, 7) is 7.03. The Bertz CT molecular complexity index is 780. The van der Waals surface area contributed by atoms with E-state index < -0.39 is 54.1 Å². The van der Waals surface area contributed by atoms with Gasteiger partial charge in [0.1, 0.15) is 30.1 Å². The van der Waals surface area contributed by atoms with Crippen LogP contribution in [0.15, 0.2) is 35.3 Å². The van der Waals surface area contributed by atoms with Crippen molar-refractivity contribution in [2.24, 2.45) is 4.99 Å². The summed E-state index contributed by atoms with van der Waals surface area (Å²) in [7, 11) is 0. The maximum absolute atomic E-state index is 13.9. The topological polar surface area (TPSA) is 58.5 Å². The molecule has 9 heteroatoms. The minimum atomic E-state index is -4.65. The fraction of sp³-hybridized carbons (Fsp3) is 0.650. The molecule has 0 aromatic heterocycles. The summed E-state index contributed by atoms with van der Waals surface area (Å²) in [6.07, 6.45) is -7.66. The Morgan fingerprint density at radius 2 is 1.66 bits per heavy atom. The van der Waals surface area contributed by atoms with Gasteiger partial charge in [-0.2, -0.15) is 13.2 Å². The second kappa shape index (κ2) is 7.02. The molecular weight excluding hydrogens is 391 g/mol. The largest absolute Gasteiger partial charge is 0.433 e. The third-order valence-electron chi connectivity index (χ3n) is 5.04. The number of benzene rings is 1. The van der Waals surface area contributed by atoms with Crippen LogP contribution in [0.1, 0.15) is 33.3 Å². The van der Waals surface area contributed by atoms with Crippen LogP contribution in [0.4, 0.5) is 13.2 Å². The second-order valence-corrected chi connectivity index (χ2v) is 8.27. The Hall–Kier alpha value is -1.52. The normalized spacial score (nSPS) is 36.4. The van der Waals surface area contributed by atoms with Gasteiger partial charge in [-0.1, -0.05) is 30.3 Å². The summed E-state index contributed by atoms with van der Waals surface area (Å²) in [4.78, 5) is 4.13. The maximum atomic E-state index is 13.9. The van der Waals surface area contributed by atoms with Crippen LogP contribution in [-0.4, -0.2) is 60.7 Å². The van der Waals surface area contributed by atoms with Gasteiger partial charge in [-0.3, -0.25) is 4.99 Å². The Kier molecular flexibility index (Phi) is 5.02. The first-order valence-electron chi connectivity index (χ1n) is 9.48. The summed E-state index contributed by atoms with van der Waals surface area (Å²) in [5.74, 6) is -1.83. The molecule has 0 spiro atoms. The molecule has 6 nitrogen and oxygen atoms in total. The number of hydrogen-bond acceptors (Lipinski definition) is 6. The van der Waals surface area contributed by atoms with Crippen molar-refractivity contribution in [3.63, 3.8) is 0 Å². The molecule has 0 bridgehead atoms. The predicted octanol–water partition coefficient (Wildman–Crippen LogP) is 3.43. The van der Waals surface area contributed by atoms with E-state index in [2.05, 4.69) is 4.99 Å². The van der Waals surface area contributed by atoms with E-state index in [4.69, 9.17) is 23.7 Å². The fourth-order valence-corrected chi connectivity index (χ4v) is 3.90. The first kappa shape index (κ1) is 20.7. The van der Waals surface area contributed by atoms with Gasteiger partial charge in [-0.15, -0.1) is 0 Å². The molecule has 3 aliphatic rings. The van der Waals surface area contributed by atoms with E-state index in [1.807, 2.05) is 0 Å². The molecule has 0 amide bonds. The summed E-state index contributed by atoms with van der Waals surface area (Å²) in [6, 6.07) is 6.51. The Morgan fingerprint density at radius 1 is 0.966 bits per heavy atom. The van der Waals surface area contributed by atoms with Gasteiger partial charge < -0.3 is 23.7 Å². The summed E-state index contributed by atoms with van der Waals surface area (Å²) < 4.78 is 70.6. The van der Waals surface area contributed by atoms with Crippen molar-refractivity contribution in [1.82, 2.24) is 0 Å². The smallest absolute Gasteiger partial charge is 0.348 e. The van der Waals surface area contributed by atoms with Crippen molar-refractivity contribution in [3.8, 4) is 0 Å². The minimum absolute atomic E-state index is 0.0238. The zero-order chi connectivity index (χ0) is 21.0. The molecule has 1 aromatic carbocycles. The molecule has 0 aliphatic carbocycles. The van der Waals surface area contributed by atoms with Gasteiger partial charge in [-0.25, -0.2) is 0 Å². The molecular formula is C20H24F3NO5. The van der Waals surface area contributed by atoms with Gasteiger partial charge >= 0.3 is 6.18 Å². The van der Waals surface area contributed by atoms with E-state index in [0.29, 0.717) is 0 Å². The molecule has 3 heterocycles. The van der Waals surface area contributed by atoms with Crippen LogP contribution in [0, 0.1) is 0 Å². The number of alkyl halides is 3. The summed E-state index contributed by atoms with van der Waals surface area (Å²) in [5.41, 5.74) is -1.01. The first-order chi connectivity index (χ1) is 13.5. The third kappa shape index (κ3) is 4.20. The Labute approximate surface area is 166 Å². The lowest BCUT2D eigenvalue weighted by atomic mass is 10.0. The van der Waals surface area contributed by atoms with E-state index in [9.17, 15) is 13.2 Å². The minimum Gasteiger partial charge on any atom is -0.348 e. The number of halogens is 3. The zero-order valence-electron chi connectivity index (χ0n) is 16.6. The first-order valence-corrected chi connectivity index (χ1v) is 9.48. The average molecular weight is 415 g/mol.